The van der Waals surface area contributed by atoms with Crippen LogP contribution >= 0.6 is 11.6 Å². The fourth-order valence-electron chi connectivity index (χ4n) is 3.52. The van der Waals surface area contributed by atoms with Crippen LogP contribution in [0.5, 0.6) is 0 Å². The lowest BCUT2D eigenvalue weighted by Crippen LogP contribution is -2.47. The zero-order valence-corrected chi connectivity index (χ0v) is 17.0. The molecule has 0 aromatic heterocycles. The molecule has 0 radical (unpaired) electrons. The first-order chi connectivity index (χ1) is 15.0. The number of halogens is 2. The van der Waals surface area contributed by atoms with Crippen LogP contribution in [0.25, 0.3) is 0 Å². The number of rotatable bonds is 6. The quantitative estimate of drug-likeness (QED) is 0.423. The van der Waals surface area contributed by atoms with Gasteiger partial charge in [-0.15, -0.1) is 0 Å². The summed E-state index contributed by atoms with van der Waals surface area (Å²) < 4.78 is 19.4. The fraction of sp³-hybridized carbons (Fsp3) is 0.125. The molecule has 0 spiro atoms. The number of carbonyl (C=O) groups is 3. The van der Waals surface area contributed by atoms with Crippen molar-refractivity contribution in [2.45, 2.75) is 19.1 Å². The molecular weight excluding hydrogens is 421 g/mol. The number of esters is 1. The minimum atomic E-state index is -1.21. The molecule has 156 valence electrons. The van der Waals surface area contributed by atoms with Gasteiger partial charge in [0.05, 0.1) is 16.1 Å². The number of carbonyl (C=O) groups excluding carboxylic acids is 3. The van der Waals surface area contributed by atoms with Crippen molar-refractivity contribution < 1.29 is 23.5 Å². The van der Waals surface area contributed by atoms with Gasteiger partial charge in [0, 0.05) is 12.0 Å². The molecule has 0 saturated carbocycles. The maximum absolute atomic E-state index is 14.1. The Labute approximate surface area is 183 Å². The number of benzene rings is 3. The molecule has 3 aromatic carbocycles. The molecule has 1 heterocycles. The van der Waals surface area contributed by atoms with E-state index in [1.54, 1.807) is 48.5 Å². The van der Waals surface area contributed by atoms with Gasteiger partial charge in [-0.25, -0.2) is 9.18 Å². The first-order valence-electron chi connectivity index (χ1n) is 9.57. The molecule has 5 nitrogen and oxygen atoms in total. The third kappa shape index (κ3) is 4.07. The van der Waals surface area contributed by atoms with Crippen molar-refractivity contribution in [2.75, 3.05) is 0 Å². The highest BCUT2D eigenvalue weighted by Gasteiger charge is 2.43. The summed E-state index contributed by atoms with van der Waals surface area (Å²) in [5, 5.41) is 0.119. The molecule has 4 rings (SSSR count). The number of hydrogen-bond acceptors (Lipinski definition) is 4. The Morgan fingerprint density at radius 3 is 2.13 bits per heavy atom. The molecule has 3 aromatic rings. The molecule has 1 aliphatic heterocycles. The molecular formula is C24H17ClFNO4. The van der Waals surface area contributed by atoms with E-state index in [0.29, 0.717) is 0 Å². The smallest absolute Gasteiger partial charge is 0.330 e. The van der Waals surface area contributed by atoms with E-state index in [4.69, 9.17) is 16.3 Å². The van der Waals surface area contributed by atoms with E-state index in [0.717, 1.165) is 10.5 Å². The molecule has 1 unspecified atom stereocenters. The molecule has 7 heteroatoms. The van der Waals surface area contributed by atoms with E-state index in [9.17, 15) is 18.8 Å². The lowest BCUT2D eigenvalue weighted by atomic mass is 10.0. The summed E-state index contributed by atoms with van der Waals surface area (Å²) in [5.74, 6) is -2.57. The van der Waals surface area contributed by atoms with Crippen LogP contribution in [-0.4, -0.2) is 28.7 Å². The second kappa shape index (κ2) is 8.70. The fourth-order valence-corrected chi connectivity index (χ4v) is 3.74. The zero-order chi connectivity index (χ0) is 22.0. The van der Waals surface area contributed by atoms with Gasteiger partial charge in [-0.2, -0.15) is 0 Å². The van der Waals surface area contributed by atoms with E-state index >= 15 is 0 Å². The van der Waals surface area contributed by atoms with Crippen molar-refractivity contribution >= 4 is 29.4 Å². The molecule has 0 saturated heterocycles. The lowest BCUT2D eigenvalue weighted by Gasteiger charge is -2.25. The topological polar surface area (TPSA) is 63.7 Å². The van der Waals surface area contributed by atoms with Crippen LogP contribution in [0.1, 0.15) is 31.8 Å². The summed E-state index contributed by atoms with van der Waals surface area (Å²) in [7, 11) is 0. The highest BCUT2D eigenvalue weighted by molar-refractivity contribution is 6.31. The minimum absolute atomic E-state index is 0.0262. The molecule has 0 aliphatic carbocycles. The average molecular weight is 438 g/mol. The maximum atomic E-state index is 14.1. The van der Waals surface area contributed by atoms with Crippen LogP contribution in [0.2, 0.25) is 5.02 Å². The van der Waals surface area contributed by atoms with Crippen molar-refractivity contribution in [3.05, 3.63) is 106 Å². The number of amides is 2. The van der Waals surface area contributed by atoms with Gasteiger partial charge >= 0.3 is 5.97 Å². The number of nitrogens with zero attached hydrogens (tertiary/aromatic N) is 1. The highest BCUT2D eigenvalue weighted by atomic mass is 35.5. The summed E-state index contributed by atoms with van der Waals surface area (Å²) in [6.45, 7) is -0.418. The van der Waals surface area contributed by atoms with Crippen LogP contribution in [0.4, 0.5) is 4.39 Å². The van der Waals surface area contributed by atoms with Gasteiger partial charge in [-0.3, -0.25) is 14.5 Å². The summed E-state index contributed by atoms with van der Waals surface area (Å²) in [5.41, 5.74) is 1.23. The third-order valence-electron chi connectivity index (χ3n) is 5.10. The normalized spacial score (nSPS) is 13.8. The van der Waals surface area contributed by atoms with E-state index in [1.165, 1.54) is 18.2 Å². The second-order valence-corrected chi connectivity index (χ2v) is 7.45. The number of ether oxygens (including phenoxy) is 1. The van der Waals surface area contributed by atoms with Crippen molar-refractivity contribution in [3.63, 3.8) is 0 Å². The van der Waals surface area contributed by atoms with Crippen LogP contribution < -0.4 is 0 Å². The Balaban J connectivity index is 1.63. The summed E-state index contributed by atoms with van der Waals surface area (Å²) in [6.07, 6.45) is 0.0656. The predicted octanol–water partition coefficient (Wildman–Crippen LogP) is 4.43. The second-order valence-electron chi connectivity index (χ2n) is 7.04. The number of imide groups is 1. The van der Waals surface area contributed by atoms with Crippen molar-refractivity contribution in [3.8, 4) is 0 Å². The average Bonchev–Trinajstić information content (AvgIpc) is 3.03. The molecule has 2 amide bonds. The van der Waals surface area contributed by atoms with E-state index in [2.05, 4.69) is 0 Å². The van der Waals surface area contributed by atoms with Crippen LogP contribution in [0.15, 0.2) is 72.8 Å². The van der Waals surface area contributed by atoms with Gasteiger partial charge in [0.1, 0.15) is 18.5 Å². The van der Waals surface area contributed by atoms with Crippen molar-refractivity contribution in [2.24, 2.45) is 0 Å². The molecule has 1 atom stereocenters. The molecule has 0 bridgehead atoms. The highest BCUT2D eigenvalue weighted by Crippen LogP contribution is 2.27. The first-order valence-corrected chi connectivity index (χ1v) is 9.95. The number of hydrogen-bond donors (Lipinski definition) is 0. The minimum Gasteiger partial charge on any atom is -0.459 e. The summed E-state index contributed by atoms with van der Waals surface area (Å²) >= 11 is 6.01. The van der Waals surface area contributed by atoms with Gasteiger partial charge in [-0.05, 0) is 29.8 Å². The number of fused-ring (bicyclic) bond motifs is 1. The van der Waals surface area contributed by atoms with Crippen molar-refractivity contribution in [1.29, 1.82) is 0 Å². The molecule has 0 fully saturated rings. The van der Waals surface area contributed by atoms with Crippen LogP contribution in [0, 0.1) is 5.82 Å². The largest absolute Gasteiger partial charge is 0.459 e. The molecule has 1 aliphatic rings. The van der Waals surface area contributed by atoms with Gasteiger partial charge < -0.3 is 4.74 Å². The summed E-state index contributed by atoms with van der Waals surface area (Å²) in [6, 6.07) is 18.3. The first kappa shape index (κ1) is 20.8. The predicted molar refractivity (Wildman–Crippen MR) is 112 cm³/mol. The SMILES string of the molecule is O=C(OCc1c(F)cccc1Cl)C(Cc1ccccc1)N1C(=O)c2ccccc2C1=O. The van der Waals surface area contributed by atoms with E-state index in [1.807, 2.05) is 6.07 Å². The van der Waals surface area contributed by atoms with Gasteiger partial charge in [0.15, 0.2) is 0 Å². The van der Waals surface area contributed by atoms with E-state index in [-0.39, 0.29) is 28.1 Å². The van der Waals surface area contributed by atoms with Crippen molar-refractivity contribution in [1.82, 2.24) is 4.90 Å². The van der Waals surface area contributed by atoms with Gasteiger partial charge in [0.2, 0.25) is 0 Å². The van der Waals surface area contributed by atoms with E-state index < -0.39 is 36.2 Å². The van der Waals surface area contributed by atoms with Gasteiger partial charge in [0.25, 0.3) is 11.8 Å². The molecule has 31 heavy (non-hydrogen) atoms. The Morgan fingerprint density at radius 1 is 0.903 bits per heavy atom. The Hall–Kier alpha value is -3.51. The monoisotopic (exact) mass is 437 g/mol. The summed E-state index contributed by atoms with van der Waals surface area (Å²) in [4.78, 5) is 39.8. The maximum Gasteiger partial charge on any atom is 0.330 e. The lowest BCUT2D eigenvalue weighted by molar-refractivity contribution is -0.149. The Kier molecular flexibility index (Phi) is 5.82. The Morgan fingerprint density at radius 2 is 1.52 bits per heavy atom. The Bertz CT molecular complexity index is 1110. The third-order valence-corrected chi connectivity index (χ3v) is 5.46. The van der Waals surface area contributed by atoms with Gasteiger partial charge in [-0.1, -0.05) is 60.1 Å². The molecule has 0 N–H and O–H groups in total. The standard InChI is InChI=1S/C24H17ClFNO4/c25-19-11-6-12-20(26)18(19)14-31-24(30)21(13-15-7-2-1-3-8-15)27-22(28)16-9-4-5-10-17(16)23(27)29/h1-12,21H,13-14H2. The van der Waals surface area contributed by atoms with Crippen LogP contribution in [-0.2, 0) is 22.6 Å². The van der Waals surface area contributed by atoms with Crippen LogP contribution in [0.3, 0.4) is 0 Å². The zero-order valence-electron chi connectivity index (χ0n) is 16.3.